The van der Waals surface area contributed by atoms with E-state index in [2.05, 4.69) is 5.32 Å². The number of benzene rings is 3. The summed E-state index contributed by atoms with van der Waals surface area (Å²) in [5, 5.41) is 23.7. The quantitative estimate of drug-likeness (QED) is 0.225. The topological polar surface area (TPSA) is 131 Å². The maximum absolute atomic E-state index is 13.6. The lowest BCUT2D eigenvalue weighted by Crippen LogP contribution is -2.34. The van der Waals surface area contributed by atoms with Crippen LogP contribution in [0.3, 0.4) is 0 Å². The third-order valence-electron chi connectivity index (χ3n) is 6.20. The van der Waals surface area contributed by atoms with Crippen molar-refractivity contribution in [2.75, 3.05) is 6.54 Å². The summed E-state index contributed by atoms with van der Waals surface area (Å²) in [4.78, 5) is 37.2. The van der Waals surface area contributed by atoms with Gasteiger partial charge in [-0.1, -0.05) is 48.5 Å². The highest BCUT2D eigenvalue weighted by Crippen LogP contribution is 2.24. The molecule has 0 aliphatic rings. The summed E-state index contributed by atoms with van der Waals surface area (Å²) in [7, 11) is 0. The van der Waals surface area contributed by atoms with Crippen LogP contribution in [-0.2, 0) is 11.2 Å². The van der Waals surface area contributed by atoms with Crippen molar-refractivity contribution in [3.63, 3.8) is 0 Å². The van der Waals surface area contributed by atoms with E-state index in [4.69, 9.17) is 4.42 Å². The van der Waals surface area contributed by atoms with E-state index in [1.807, 2.05) is 36.4 Å². The molecule has 5 aromatic rings. The molecule has 0 radical (unpaired) electrons. The van der Waals surface area contributed by atoms with Crippen LogP contribution >= 0.6 is 11.3 Å². The Kier molecular flexibility index (Phi) is 7.99. The standard InChI is InChI=1S/C31H22N4O5S/c32-20-26(29(36)33-18-17-21-7-3-1-4-8-21)31-34(23-9-5-2-6-10-23)30(37)28(41-31)19-25-15-16-27(40-25)22-11-13-24(14-12-22)35(38)39/h1-16,19H,17-18H2,(H,33,36). The molecule has 0 aliphatic carbocycles. The molecule has 0 aliphatic heterocycles. The van der Waals surface area contributed by atoms with Crippen LogP contribution in [0.2, 0.25) is 0 Å². The Morgan fingerprint density at radius 1 is 1.00 bits per heavy atom. The number of carbonyl (C=O) groups excluding carboxylic acids is 1. The fraction of sp³-hybridized carbons (Fsp3) is 0.0645. The highest BCUT2D eigenvalue weighted by atomic mass is 32.1. The largest absolute Gasteiger partial charge is 0.457 e. The molecule has 2 aromatic heterocycles. The van der Waals surface area contributed by atoms with E-state index in [0.29, 0.717) is 35.7 Å². The number of furan rings is 1. The number of nitriles is 1. The van der Waals surface area contributed by atoms with Crippen molar-refractivity contribution in [3.05, 3.63) is 138 Å². The molecule has 202 valence electrons. The van der Waals surface area contributed by atoms with Crippen molar-refractivity contribution >= 4 is 34.6 Å². The van der Waals surface area contributed by atoms with Gasteiger partial charge in [-0.15, -0.1) is 11.3 Å². The summed E-state index contributed by atoms with van der Waals surface area (Å²) in [6.07, 6.45) is 2.14. The van der Waals surface area contributed by atoms with Gasteiger partial charge in [0.25, 0.3) is 17.2 Å². The van der Waals surface area contributed by atoms with Gasteiger partial charge in [0, 0.05) is 30.3 Å². The zero-order valence-electron chi connectivity index (χ0n) is 21.5. The number of non-ortho nitro benzene ring substituents is 1. The highest BCUT2D eigenvalue weighted by molar-refractivity contribution is 7.07. The molecule has 41 heavy (non-hydrogen) atoms. The fourth-order valence-electron chi connectivity index (χ4n) is 4.17. The Balaban J connectivity index is 1.53. The molecule has 0 fully saturated rings. The van der Waals surface area contributed by atoms with Crippen LogP contribution in [-0.4, -0.2) is 21.9 Å². The van der Waals surface area contributed by atoms with Gasteiger partial charge >= 0.3 is 0 Å². The molecular weight excluding hydrogens is 540 g/mol. The van der Waals surface area contributed by atoms with E-state index in [-0.39, 0.29) is 20.5 Å². The number of nitro groups is 1. The lowest BCUT2D eigenvalue weighted by Gasteiger charge is -2.06. The van der Waals surface area contributed by atoms with Gasteiger partial charge in [-0.2, -0.15) is 5.26 Å². The van der Waals surface area contributed by atoms with Crippen LogP contribution in [0.15, 0.2) is 106 Å². The van der Waals surface area contributed by atoms with E-state index in [1.54, 1.807) is 60.7 Å². The number of hydrogen-bond donors (Lipinski definition) is 1. The average molecular weight is 563 g/mol. The minimum absolute atomic E-state index is 0.0340. The summed E-state index contributed by atoms with van der Waals surface area (Å²) in [6, 6.07) is 29.7. The molecule has 10 heteroatoms. The molecule has 0 unspecified atom stereocenters. The Morgan fingerprint density at radius 3 is 2.34 bits per heavy atom. The molecule has 1 amide bonds. The molecule has 0 spiro atoms. The molecule has 0 saturated heterocycles. The van der Waals surface area contributed by atoms with E-state index < -0.39 is 16.4 Å². The third kappa shape index (κ3) is 6.06. The molecule has 0 saturated carbocycles. The number of aromatic nitrogens is 1. The van der Waals surface area contributed by atoms with Crippen molar-refractivity contribution in [2.45, 2.75) is 6.42 Å². The van der Waals surface area contributed by atoms with Gasteiger partial charge in [-0.25, -0.2) is 0 Å². The van der Waals surface area contributed by atoms with E-state index in [0.717, 1.165) is 16.9 Å². The smallest absolute Gasteiger partial charge is 0.273 e. The van der Waals surface area contributed by atoms with Gasteiger partial charge in [0.1, 0.15) is 22.3 Å². The number of carbonyl (C=O) groups is 1. The zero-order valence-corrected chi connectivity index (χ0v) is 22.3. The normalized spacial score (nSPS) is 12.0. The van der Waals surface area contributed by atoms with Gasteiger partial charge in [0.2, 0.25) is 0 Å². The summed E-state index contributed by atoms with van der Waals surface area (Å²) in [5.41, 5.74) is 1.58. The number of rotatable bonds is 8. The second kappa shape index (κ2) is 12.1. The lowest BCUT2D eigenvalue weighted by atomic mass is 10.1. The Bertz CT molecular complexity index is 1930. The SMILES string of the molecule is N#CC(C(=O)NCCc1ccccc1)=c1sc(=Cc2ccc(-c3ccc([N+](=O)[O-])cc3)o2)c(=O)n1-c1ccccc1. The minimum Gasteiger partial charge on any atom is -0.457 e. The van der Waals surface area contributed by atoms with Gasteiger partial charge in [0.05, 0.1) is 15.1 Å². The predicted octanol–water partition coefficient (Wildman–Crippen LogP) is 3.93. The first-order valence-electron chi connectivity index (χ1n) is 12.5. The van der Waals surface area contributed by atoms with Gasteiger partial charge < -0.3 is 9.73 Å². The van der Waals surface area contributed by atoms with Crippen molar-refractivity contribution in [1.29, 1.82) is 5.26 Å². The maximum atomic E-state index is 13.6. The summed E-state index contributed by atoms with van der Waals surface area (Å²) in [5.74, 6) is 0.266. The van der Waals surface area contributed by atoms with Crippen LogP contribution in [0.1, 0.15) is 11.3 Å². The summed E-state index contributed by atoms with van der Waals surface area (Å²) < 4.78 is 7.71. The van der Waals surface area contributed by atoms with Gasteiger partial charge in [0.15, 0.2) is 5.57 Å². The molecule has 0 bridgehead atoms. The number of nitro benzene ring substituents is 1. The summed E-state index contributed by atoms with van der Waals surface area (Å²) >= 11 is 1.02. The molecule has 9 nitrogen and oxygen atoms in total. The van der Waals surface area contributed by atoms with Crippen molar-refractivity contribution in [2.24, 2.45) is 0 Å². The van der Waals surface area contributed by atoms with Crippen LogP contribution < -0.4 is 20.1 Å². The Labute approximate surface area is 237 Å². The zero-order chi connectivity index (χ0) is 28.8. The molecule has 0 atom stereocenters. The number of amides is 1. The number of hydrogen-bond acceptors (Lipinski definition) is 7. The number of para-hydroxylation sites is 1. The predicted molar refractivity (Wildman–Crippen MR) is 156 cm³/mol. The first-order chi connectivity index (χ1) is 19.9. The van der Waals surface area contributed by atoms with Crippen molar-refractivity contribution in [1.82, 2.24) is 9.88 Å². The summed E-state index contributed by atoms with van der Waals surface area (Å²) in [6.45, 7) is 0.325. The number of nitrogens with zero attached hydrogens (tertiary/aromatic N) is 3. The second-order valence-electron chi connectivity index (χ2n) is 8.88. The van der Waals surface area contributed by atoms with Crippen LogP contribution in [0.5, 0.6) is 0 Å². The van der Waals surface area contributed by atoms with Crippen LogP contribution in [0, 0.1) is 21.4 Å². The van der Waals surface area contributed by atoms with E-state index in [1.165, 1.54) is 16.7 Å². The van der Waals surface area contributed by atoms with E-state index in [9.17, 15) is 25.0 Å². The number of thiazole rings is 1. The molecule has 1 N–H and O–H groups in total. The first-order valence-corrected chi connectivity index (χ1v) is 13.4. The van der Waals surface area contributed by atoms with Crippen LogP contribution in [0.4, 0.5) is 5.69 Å². The van der Waals surface area contributed by atoms with Crippen molar-refractivity contribution in [3.8, 4) is 23.1 Å². The number of nitrogens with one attached hydrogen (secondary N) is 1. The molecule has 5 rings (SSSR count). The third-order valence-corrected chi connectivity index (χ3v) is 7.29. The first kappa shape index (κ1) is 27.1. The monoisotopic (exact) mass is 562 g/mol. The highest BCUT2D eigenvalue weighted by Gasteiger charge is 2.17. The lowest BCUT2D eigenvalue weighted by molar-refractivity contribution is -0.384. The van der Waals surface area contributed by atoms with E-state index >= 15 is 0 Å². The molecule has 3 aromatic carbocycles. The van der Waals surface area contributed by atoms with Gasteiger partial charge in [-0.05, 0) is 48.4 Å². The average Bonchev–Trinajstić information content (AvgIpc) is 3.59. The Morgan fingerprint density at radius 2 is 1.68 bits per heavy atom. The second-order valence-corrected chi connectivity index (χ2v) is 9.91. The maximum Gasteiger partial charge on any atom is 0.273 e. The molecular formula is C31H22N4O5S. The fourth-order valence-corrected chi connectivity index (χ4v) is 5.25. The van der Waals surface area contributed by atoms with Gasteiger partial charge in [-0.3, -0.25) is 24.3 Å². The van der Waals surface area contributed by atoms with Crippen molar-refractivity contribution < 1.29 is 14.1 Å². The molecule has 2 heterocycles. The Hall–Kier alpha value is -5.53. The minimum atomic E-state index is -0.570. The van der Waals surface area contributed by atoms with Crippen LogP contribution in [0.25, 0.3) is 28.7 Å².